The molecule has 0 bridgehead atoms. The molecule has 0 aliphatic heterocycles. The average molecular weight is 272 g/mol. The van der Waals surface area contributed by atoms with Gasteiger partial charge in [0.1, 0.15) is 6.61 Å². The van der Waals surface area contributed by atoms with Gasteiger partial charge >= 0.3 is 5.97 Å². The summed E-state index contributed by atoms with van der Waals surface area (Å²) in [5.41, 5.74) is 0. The van der Waals surface area contributed by atoms with Crippen LogP contribution in [0.15, 0.2) is 0 Å². The fraction of sp³-hybridized carbons (Fsp3) is 0.938. The molecule has 0 fully saturated rings. The van der Waals surface area contributed by atoms with Crippen molar-refractivity contribution in [1.29, 1.82) is 0 Å². The summed E-state index contributed by atoms with van der Waals surface area (Å²) >= 11 is 0. The molecule has 3 heteroatoms. The number of rotatable bonds is 12. The quantitative estimate of drug-likeness (QED) is 0.388. The second kappa shape index (κ2) is 12.5. The number of hydrogen-bond acceptors (Lipinski definition) is 3. The Labute approximate surface area is 119 Å². The summed E-state index contributed by atoms with van der Waals surface area (Å²) in [5.74, 6) is -0.230. The highest BCUT2D eigenvalue weighted by Gasteiger charge is 2.11. The summed E-state index contributed by atoms with van der Waals surface area (Å²) in [4.78, 5) is 11.6. The lowest BCUT2D eigenvalue weighted by Gasteiger charge is -2.15. The molecule has 0 saturated heterocycles. The molecule has 0 aliphatic carbocycles. The molecule has 0 aromatic rings. The Morgan fingerprint density at radius 3 is 1.95 bits per heavy atom. The predicted octanol–water partition coefficient (Wildman–Crippen LogP) is 4.48. The minimum absolute atomic E-state index is 0.0121. The Morgan fingerprint density at radius 1 is 0.895 bits per heavy atom. The summed E-state index contributed by atoms with van der Waals surface area (Å²) in [6.07, 6.45) is 9.26. The molecule has 114 valence electrons. The summed E-state index contributed by atoms with van der Waals surface area (Å²) in [6, 6.07) is 0. The lowest BCUT2D eigenvalue weighted by atomic mass is 10.1. The molecule has 0 aromatic heterocycles. The maximum atomic E-state index is 11.6. The third kappa shape index (κ3) is 12.2. The van der Waals surface area contributed by atoms with Gasteiger partial charge in [0.05, 0.1) is 12.2 Å². The largest absolute Gasteiger partial charge is 0.461 e. The molecule has 0 aliphatic rings. The summed E-state index contributed by atoms with van der Waals surface area (Å²) < 4.78 is 10.8. The smallest absolute Gasteiger partial charge is 0.332 e. The van der Waals surface area contributed by atoms with Crippen molar-refractivity contribution >= 4 is 5.97 Å². The van der Waals surface area contributed by atoms with Gasteiger partial charge in [-0.15, -0.1) is 0 Å². The highest BCUT2D eigenvalue weighted by molar-refractivity contribution is 5.70. The van der Waals surface area contributed by atoms with Gasteiger partial charge in [0.25, 0.3) is 0 Å². The average Bonchev–Trinajstić information content (AvgIpc) is 2.37. The molecule has 0 N–H and O–H groups in total. The van der Waals surface area contributed by atoms with Gasteiger partial charge in [-0.1, -0.05) is 46.0 Å². The van der Waals surface area contributed by atoms with E-state index in [-0.39, 0.29) is 24.8 Å². The van der Waals surface area contributed by atoms with E-state index in [1.165, 1.54) is 32.1 Å². The predicted molar refractivity (Wildman–Crippen MR) is 79.3 cm³/mol. The highest BCUT2D eigenvalue weighted by atomic mass is 16.6. The zero-order chi connectivity index (χ0) is 14.5. The van der Waals surface area contributed by atoms with Crippen LogP contribution in [-0.4, -0.2) is 24.8 Å². The first kappa shape index (κ1) is 18.4. The van der Waals surface area contributed by atoms with Crippen LogP contribution in [0.5, 0.6) is 0 Å². The zero-order valence-corrected chi connectivity index (χ0v) is 13.2. The van der Waals surface area contributed by atoms with E-state index in [4.69, 9.17) is 9.47 Å². The fourth-order valence-corrected chi connectivity index (χ4v) is 1.97. The topological polar surface area (TPSA) is 35.5 Å². The van der Waals surface area contributed by atoms with Gasteiger partial charge in [-0.25, -0.2) is 4.79 Å². The molecule has 0 rings (SSSR count). The third-order valence-corrected chi connectivity index (χ3v) is 3.25. The van der Waals surface area contributed by atoms with Crippen LogP contribution in [0, 0.1) is 0 Å². The van der Waals surface area contributed by atoms with E-state index < -0.39 is 0 Å². The maximum absolute atomic E-state index is 11.6. The Balaban J connectivity index is 3.56. The highest BCUT2D eigenvalue weighted by Crippen LogP contribution is 2.08. The second-order valence-electron chi connectivity index (χ2n) is 5.41. The molecular weight excluding hydrogens is 240 g/mol. The van der Waals surface area contributed by atoms with Crippen molar-refractivity contribution in [3.63, 3.8) is 0 Å². The molecule has 19 heavy (non-hydrogen) atoms. The monoisotopic (exact) mass is 272 g/mol. The van der Waals surface area contributed by atoms with E-state index in [0.717, 1.165) is 19.3 Å². The van der Waals surface area contributed by atoms with Gasteiger partial charge in [0, 0.05) is 0 Å². The summed E-state index contributed by atoms with van der Waals surface area (Å²) in [5, 5.41) is 0. The number of carbonyl (C=O) groups is 1. The summed E-state index contributed by atoms with van der Waals surface area (Å²) in [6.45, 7) is 8.42. The van der Waals surface area contributed by atoms with Crippen molar-refractivity contribution in [2.24, 2.45) is 0 Å². The number of carbonyl (C=O) groups excluding carboxylic acids is 1. The van der Waals surface area contributed by atoms with Crippen molar-refractivity contribution in [3.8, 4) is 0 Å². The van der Waals surface area contributed by atoms with E-state index in [9.17, 15) is 4.79 Å². The molecule has 0 saturated carbocycles. The van der Waals surface area contributed by atoms with Crippen LogP contribution in [0.25, 0.3) is 0 Å². The van der Waals surface area contributed by atoms with Crippen LogP contribution in [0.1, 0.15) is 79.1 Å². The van der Waals surface area contributed by atoms with Crippen LogP contribution in [0.3, 0.4) is 0 Å². The van der Waals surface area contributed by atoms with Crippen LogP contribution in [-0.2, 0) is 14.3 Å². The van der Waals surface area contributed by atoms with E-state index in [2.05, 4.69) is 13.8 Å². The maximum Gasteiger partial charge on any atom is 0.332 e. The van der Waals surface area contributed by atoms with Crippen LogP contribution >= 0.6 is 0 Å². The zero-order valence-electron chi connectivity index (χ0n) is 13.2. The van der Waals surface area contributed by atoms with Crippen LogP contribution in [0.4, 0.5) is 0 Å². The first-order valence-corrected chi connectivity index (χ1v) is 7.91. The molecule has 0 heterocycles. The van der Waals surface area contributed by atoms with Crippen LogP contribution in [0.2, 0.25) is 0 Å². The Kier molecular flexibility index (Phi) is 12.1. The number of unbranched alkanes of at least 4 members (excludes halogenated alkanes) is 4. The molecule has 2 atom stereocenters. The van der Waals surface area contributed by atoms with Crippen molar-refractivity contribution < 1.29 is 14.3 Å². The molecule has 2 unspecified atom stereocenters. The molecule has 0 radical (unpaired) electrons. The van der Waals surface area contributed by atoms with E-state index in [0.29, 0.717) is 0 Å². The Hall–Kier alpha value is -0.570. The van der Waals surface area contributed by atoms with Gasteiger partial charge < -0.3 is 9.47 Å². The molecule has 0 spiro atoms. The van der Waals surface area contributed by atoms with Gasteiger partial charge in [-0.3, -0.25) is 0 Å². The molecule has 0 aromatic carbocycles. The summed E-state index contributed by atoms with van der Waals surface area (Å²) in [7, 11) is 0. The van der Waals surface area contributed by atoms with Crippen molar-refractivity contribution in [3.05, 3.63) is 0 Å². The van der Waals surface area contributed by atoms with Crippen molar-refractivity contribution in [1.82, 2.24) is 0 Å². The van der Waals surface area contributed by atoms with Gasteiger partial charge in [-0.2, -0.15) is 0 Å². The number of hydrogen-bond donors (Lipinski definition) is 0. The van der Waals surface area contributed by atoms with E-state index in [1.807, 2.05) is 13.8 Å². The Bertz CT molecular complexity index is 216. The van der Waals surface area contributed by atoms with Crippen LogP contribution < -0.4 is 0 Å². The van der Waals surface area contributed by atoms with Crippen molar-refractivity contribution in [2.75, 3.05) is 6.61 Å². The standard InChI is InChI=1S/C16H32O3/c1-5-7-9-11-14(3)18-13-16(17)19-15(4)12-10-8-6-2/h14-15H,5-13H2,1-4H3. The molecule has 3 nitrogen and oxygen atoms in total. The molecular formula is C16H32O3. The Morgan fingerprint density at radius 2 is 1.42 bits per heavy atom. The van der Waals surface area contributed by atoms with E-state index >= 15 is 0 Å². The van der Waals surface area contributed by atoms with Gasteiger partial charge in [0.2, 0.25) is 0 Å². The SMILES string of the molecule is CCCCCC(C)OCC(=O)OC(C)CCCCC. The number of esters is 1. The normalized spacial score (nSPS) is 14.1. The first-order chi connectivity index (χ1) is 9.10. The second-order valence-corrected chi connectivity index (χ2v) is 5.41. The van der Waals surface area contributed by atoms with E-state index in [1.54, 1.807) is 0 Å². The first-order valence-electron chi connectivity index (χ1n) is 7.91. The van der Waals surface area contributed by atoms with Gasteiger partial charge in [0.15, 0.2) is 0 Å². The van der Waals surface area contributed by atoms with Crippen molar-refractivity contribution in [2.45, 2.75) is 91.3 Å². The lowest BCUT2D eigenvalue weighted by Crippen LogP contribution is -2.22. The minimum atomic E-state index is -0.230. The molecule has 0 amide bonds. The fourth-order valence-electron chi connectivity index (χ4n) is 1.97. The lowest BCUT2D eigenvalue weighted by molar-refractivity contribution is -0.155. The third-order valence-electron chi connectivity index (χ3n) is 3.25. The van der Waals surface area contributed by atoms with Gasteiger partial charge in [-0.05, 0) is 33.1 Å². The minimum Gasteiger partial charge on any atom is -0.461 e. The number of ether oxygens (including phenoxy) is 2.